The molecule has 1 atom stereocenters. The number of unbranched alkanes of at least 4 members (excludes halogenated alkanes) is 1. The van der Waals surface area contributed by atoms with Gasteiger partial charge in [-0.1, -0.05) is 31.9 Å². The number of hydrogen-bond donors (Lipinski definition) is 2. The molecule has 0 fully saturated rings. The summed E-state index contributed by atoms with van der Waals surface area (Å²) in [5, 5.41) is 3.16. The summed E-state index contributed by atoms with van der Waals surface area (Å²) in [4.78, 5) is 11.3. The molecule has 0 aliphatic rings. The van der Waals surface area contributed by atoms with Crippen LogP contribution in [0.3, 0.4) is 0 Å². The van der Waals surface area contributed by atoms with Gasteiger partial charge in [-0.05, 0) is 34.5 Å². The van der Waals surface area contributed by atoms with E-state index >= 15 is 0 Å². The minimum Gasteiger partial charge on any atom is -0.373 e. The number of amides is 1. The Balaban J connectivity index is 2.68. The number of primary amides is 1. The van der Waals surface area contributed by atoms with E-state index in [1.165, 1.54) is 0 Å². The lowest BCUT2D eigenvalue weighted by Gasteiger charge is -2.17. The molecule has 3 N–H and O–H groups in total. The van der Waals surface area contributed by atoms with Gasteiger partial charge in [0.1, 0.15) is 6.04 Å². The van der Waals surface area contributed by atoms with Gasteiger partial charge in [-0.15, -0.1) is 0 Å². The van der Waals surface area contributed by atoms with Gasteiger partial charge in [0.2, 0.25) is 5.91 Å². The first-order chi connectivity index (χ1) is 7.65. The van der Waals surface area contributed by atoms with Crippen molar-refractivity contribution in [3.8, 4) is 0 Å². The lowest BCUT2D eigenvalue weighted by Crippen LogP contribution is -2.35. The summed E-state index contributed by atoms with van der Waals surface area (Å²) in [7, 11) is 0. The highest BCUT2D eigenvalue weighted by atomic mass is 79.9. The molecule has 0 radical (unpaired) electrons. The third-order valence-corrected chi connectivity index (χ3v) is 3.08. The van der Waals surface area contributed by atoms with Crippen molar-refractivity contribution < 1.29 is 4.79 Å². The van der Waals surface area contributed by atoms with Gasteiger partial charge in [-0.2, -0.15) is 0 Å². The van der Waals surface area contributed by atoms with Crippen LogP contribution >= 0.6 is 15.9 Å². The van der Waals surface area contributed by atoms with E-state index in [2.05, 4.69) is 28.2 Å². The predicted octanol–water partition coefficient (Wildman–Crippen LogP) is 2.91. The van der Waals surface area contributed by atoms with E-state index < -0.39 is 0 Å². The largest absolute Gasteiger partial charge is 0.373 e. The maximum absolute atomic E-state index is 11.3. The summed E-state index contributed by atoms with van der Waals surface area (Å²) >= 11 is 3.43. The molecule has 1 unspecified atom stereocenters. The van der Waals surface area contributed by atoms with Crippen molar-refractivity contribution in [2.24, 2.45) is 5.73 Å². The molecule has 88 valence electrons. The smallest absolute Gasteiger partial charge is 0.239 e. The van der Waals surface area contributed by atoms with Gasteiger partial charge in [-0.3, -0.25) is 4.79 Å². The van der Waals surface area contributed by atoms with Gasteiger partial charge >= 0.3 is 0 Å². The van der Waals surface area contributed by atoms with Crippen LogP contribution in [-0.2, 0) is 4.79 Å². The number of rotatable bonds is 6. The average molecular weight is 285 g/mol. The summed E-state index contributed by atoms with van der Waals surface area (Å²) in [6.07, 6.45) is 2.82. The predicted molar refractivity (Wildman–Crippen MR) is 70.3 cm³/mol. The number of benzene rings is 1. The van der Waals surface area contributed by atoms with E-state index in [1.54, 1.807) is 0 Å². The molecule has 1 rings (SSSR count). The number of carbonyl (C=O) groups is 1. The maximum atomic E-state index is 11.3. The molecule has 0 bridgehead atoms. The van der Waals surface area contributed by atoms with E-state index in [-0.39, 0.29) is 11.9 Å². The average Bonchev–Trinajstić information content (AvgIpc) is 2.26. The molecule has 0 saturated heterocycles. The highest BCUT2D eigenvalue weighted by Crippen LogP contribution is 2.22. The number of nitrogens with two attached hydrogens (primary N) is 1. The zero-order valence-electron chi connectivity index (χ0n) is 9.37. The number of nitrogens with one attached hydrogen (secondary N) is 1. The van der Waals surface area contributed by atoms with Gasteiger partial charge in [0, 0.05) is 10.2 Å². The second kappa shape index (κ2) is 6.53. The van der Waals surface area contributed by atoms with Crippen molar-refractivity contribution in [1.82, 2.24) is 0 Å². The van der Waals surface area contributed by atoms with E-state index in [9.17, 15) is 4.79 Å². The fraction of sp³-hybridized carbons (Fsp3) is 0.417. The molecule has 1 amide bonds. The number of hydrogen-bond acceptors (Lipinski definition) is 2. The van der Waals surface area contributed by atoms with Crippen LogP contribution in [0.4, 0.5) is 5.69 Å². The first-order valence-corrected chi connectivity index (χ1v) is 6.24. The first-order valence-electron chi connectivity index (χ1n) is 5.45. The fourth-order valence-corrected chi connectivity index (χ4v) is 1.86. The standard InChI is InChI=1S/C12H17BrN2O/c1-2-3-7-11(12(14)16)15-10-8-5-4-6-9(10)13/h4-6,8,11,15H,2-3,7H2,1H3,(H2,14,16). The summed E-state index contributed by atoms with van der Waals surface area (Å²) in [6, 6.07) is 7.41. The second-order valence-electron chi connectivity index (χ2n) is 3.72. The molecular formula is C12H17BrN2O. The van der Waals surface area contributed by atoms with Crippen LogP contribution in [0.2, 0.25) is 0 Å². The van der Waals surface area contributed by atoms with Crippen molar-refractivity contribution >= 4 is 27.5 Å². The normalized spacial score (nSPS) is 12.1. The Labute approximate surface area is 105 Å². The Morgan fingerprint density at radius 2 is 2.19 bits per heavy atom. The molecule has 16 heavy (non-hydrogen) atoms. The van der Waals surface area contributed by atoms with Crippen LogP contribution in [0.15, 0.2) is 28.7 Å². The fourth-order valence-electron chi connectivity index (χ4n) is 1.46. The topological polar surface area (TPSA) is 55.1 Å². The molecule has 0 spiro atoms. The quantitative estimate of drug-likeness (QED) is 0.844. The van der Waals surface area contributed by atoms with Gasteiger partial charge in [0.15, 0.2) is 0 Å². The minimum atomic E-state index is -0.302. The summed E-state index contributed by atoms with van der Waals surface area (Å²) in [5.41, 5.74) is 6.26. The summed E-state index contributed by atoms with van der Waals surface area (Å²) < 4.78 is 0.942. The van der Waals surface area contributed by atoms with E-state index in [0.717, 1.165) is 29.4 Å². The van der Waals surface area contributed by atoms with Gasteiger partial charge in [-0.25, -0.2) is 0 Å². The lowest BCUT2D eigenvalue weighted by molar-refractivity contribution is -0.118. The molecular weight excluding hydrogens is 268 g/mol. The molecule has 0 saturated carbocycles. The monoisotopic (exact) mass is 284 g/mol. The molecule has 3 nitrogen and oxygen atoms in total. The van der Waals surface area contributed by atoms with E-state index in [0.29, 0.717) is 0 Å². The third kappa shape index (κ3) is 3.85. The minimum absolute atomic E-state index is 0.293. The van der Waals surface area contributed by atoms with Gasteiger partial charge in [0.05, 0.1) is 0 Å². The zero-order valence-corrected chi connectivity index (χ0v) is 11.0. The van der Waals surface area contributed by atoms with Gasteiger partial charge < -0.3 is 11.1 Å². The van der Waals surface area contributed by atoms with Crippen molar-refractivity contribution in [3.05, 3.63) is 28.7 Å². The second-order valence-corrected chi connectivity index (χ2v) is 4.58. The highest BCUT2D eigenvalue weighted by molar-refractivity contribution is 9.10. The molecule has 0 aromatic heterocycles. The molecule has 0 aliphatic carbocycles. The van der Waals surface area contributed by atoms with Crippen molar-refractivity contribution in [1.29, 1.82) is 0 Å². The van der Waals surface area contributed by atoms with Crippen molar-refractivity contribution in [3.63, 3.8) is 0 Å². The Kier molecular flexibility index (Phi) is 5.32. The SMILES string of the molecule is CCCCC(Nc1ccccc1Br)C(N)=O. The summed E-state index contributed by atoms with van der Waals surface area (Å²) in [6.45, 7) is 2.09. The number of carbonyl (C=O) groups excluding carboxylic acids is 1. The highest BCUT2D eigenvalue weighted by Gasteiger charge is 2.14. The number of para-hydroxylation sites is 1. The van der Waals surface area contributed by atoms with Crippen LogP contribution < -0.4 is 11.1 Å². The number of halogens is 1. The molecule has 0 heterocycles. The molecule has 1 aromatic carbocycles. The van der Waals surface area contributed by atoms with Crippen LogP contribution in [-0.4, -0.2) is 11.9 Å². The van der Waals surface area contributed by atoms with Crippen molar-refractivity contribution in [2.75, 3.05) is 5.32 Å². The molecule has 1 aromatic rings. The molecule has 0 aliphatic heterocycles. The van der Waals surface area contributed by atoms with Crippen LogP contribution in [0.5, 0.6) is 0 Å². The van der Waals surface area contributed by atoms with Crippen LogP contribution in [0.25, 0.3) is 0 Å². The Morgan fingerprint density at radius 1 is 1.50 bits per heavy atom. The van der Waals surface area contributed by atoms with E-state index in [1.807, 2.05) is 24.3 Å². The number of anilines is 1. The van der Waals surface area contributed by atoms with Crippen LogP contribution in [0, 0.1) is 0 Å². The molecule has 4 heteroatoms. The third-order valence-electron chi connectivity index (χ3n) is 2.39. The Bertz CT molecular complexity index is 355. The maximum Gasteiger partial charge on any atom is 0.239 e. The Hall–Kier alpha value is -1.03. The first kappa shape index (κ1) is 13.0. The Morgan fingerprint density at radius 3 is 2.75 bits per heavy atom. The van der Waals surface area contributed by atoms with Gasteiger partial charge in [0.25, 0.3) is 0 Å². The van der Waals surface area contributed by atoms with Crippen LogP contribution in [0.1, 0.15) is 26.2 Å². The van der Waals surface area contributed by atoms with Crippen molar-refractivity contribution in [2.45, 2.75) is 32.2 Å². The lowest BCUT2D eigenvalue weighted by atomic mass is 10.1. The van der Waals surface area contributed by atoms with E-state index in [4.69, 9.17) is 5.73 Å². The summed E-state index contributed by atoms with van der Waals surface area (Å²) in [5.74, 6) is -0.302. The zero-order chi connectivity index (χ0) is 12.0.